The summed E-state index contributed by atoms with van der Waals surface area (Å²) in [5, 5.41) is 9.88. The van der Waals surface area contributed by atoms with Crippen molar-refractivity contribution >= 4 is 0 Å². The van der Waals surface area contributed by atoms with Crippen molar-refractivity contribution in [2.45, 2.75) is 45.1 Å². The molecule has 0 bridgehead atoms. The molecule has 0 amide bonds. The predicted molar refractivity (Wildman–Crippen MR) is 49.8 cm³/mol. The van der Waals surface area contributed by atoms with Crippen molar-refractivity contribution in [2.75, 3.05) is 0 Å². The van der Waals surface area contributed by atoms with Crippen LogP contribution in [0.3, 0.4) is 0 Å². The summed E-state index contributed by atoms with van der Waals surface area (Å²) in [5.74, 6) is 0.589. The van der Waals surface area contributed by atoms with Crippen LogP contribution in [-0.2, 0) is 0 Å². The molecule has 0 aliphatic heterocycles. The molecule has 1 N–H and O–H groups in total. The number of aliphatic hydroxyl groups is 1. The molecule has 1 nitrogen and oxygen atoms in total. The highest BCUT2D eigenvalue weighted by Crippen LogP contribution is 2.57. The minimum absolute atomic E-state index is 0.0343. The molecule has 1 spiro atoms. The first kappa shape index (κ1) is 8.31. The van der Waals surface area contributed by atoms with E-state index in [2.05, 4.69) is 13.5 Å². The van der Waals surface area contributed by atoms with Crippen LogP contribution >= 0.6 is 0 Å². The number of rotatable bonds is 1. The summed E-state index contributed by atoms with van der Waals surface area (Å²) in [6.45, 7) is 6.06. The second kappa shape index (κ2) is 2.59. The molecule has 12 heavy (non-hydrogen) atoms. The standard InChI is InChI=1S/C11H18O/c1-8(2)9-3-4-11(5-6-11)10(12)7-9/h9-10,12H,1,3-7H2,2H3/t9-,10?/m1/s1. The normalized spacial score (nSPS) is 38.2. The lowest BCUT2D eigenvalue weighted by Gasteiger charge is -2.33. The van der Waals surface area contributed by atoms with Crippen LogP contribution in [0.15, 0.2) is 12.2 Å². The van der Waals surface area contributed by atoms with Gasteiger partial charge in [0.15, 0.2) is 0 Å². The SMILES string of the molecule is C=C(C)[C@@H]1CCC2(CC2)C(O)C1. The Balaban J connectivity index is 1.99. The number of hydrogen-bond donors (Lipinski definition) is 1. The van der Waals surface area contributed by atoms with E-state index in [9.17, 15) is 5.11 Å². The van der Waals surface area contributed by atoms with E-state index < -0.39 is 0 Å². The third-order valence-electron chi connectivity index (χ3n) is 3.79. The molecule has 2 saturated carbocycles. The van der Waals surface area contributed by atoms with Crippen LogP contribution in [0.5, 0.6) is 0 Å². The van der Waals surface area contributed by atoms with E-state index in [0.29, 0.717) is 11.3 Å². The number of allylic oxidation sites excluding steroid dienone is 1. The molecule has 1 unspecified atom stereocenters. The van der Waals surface area contributed by atoms with E-state index in [0.717, 1.165) is 6.42 Å². The van der Waals surface area contributed by atoms with E-state index in [1.807, 2.05) is 0 Å². The van der Waals surface area contributed by atoms with Crippen LogP contribution in [-0.4, -0.2) is 11.2 Å². The minimum Gasteiger partial charge on any atom is -0.393 e. The highest BCUT2D eigenvalue weighted by atomic mass is 16.3. The predicted octanol–water partition coefficient (Wildman–Crippen LogP) is 2.50. The second-order valence-electron chi connectivity index (χ2n) is 4.70. The van der Waals surface area contributed by atoms with E-state index in [1.165, 1.54) is 31.3 Å². The van der Waals surface area contributed by atoms with E-state index in [4.69, 9.17) is 0 Å². The summed E-state index contributed by atoms with van der Waals surface area (Å²) in [6, 6.07) is 0. The van der Waals surface area contributed by atoms with Crippen molar-refractivity contribution in [3.63, 3.8) is 0 Å². The summed E-state index contributed by atoms with van der Waals surface area (Å²) in [6.07, 6.45) is 5.94. The highest BCUT2D eigenvalue weighted by Gasteiger charge is 2.51. The van der Waals surface area contributed by atoms with Gasteiger partial charge >= 0.3 is 0 Å². The van der Waals surface area contributed by atoms with Crippen molar-refractivity contribution in [3.05, 3.63) is 12.2 Å². The lowest BCUT2D eigenvalue weighted by Crippen LogP contribution is -2.30. The average Bonchev–Trinajstić information content (AvgIpc) is 2.76. The largest absolute Gasteiger partial charge is 0.393 e. The van der Waals surface area contributed by atoms with Crippen LogP contribution in [0.2, 0.25) is 0 Å². The molecule has 0 aromatic rings. The van der Waals surface area contributed by atoms with Gasteiger partial charge in [0.2, 0.25) is 0 Å². The summed E-state index contributed by atoms with van der Waals surface area (Å²) in [5.41, 5.74) is 1.62. The van der Waals surface area contributed by atoms with Gasteiger partial charge in [-0.3, -0.25) is 0 Å². The lowest BCUT2D eigenvalue weighted by molar-refractivity contribution is 0.0376. The van der Waals surface area contributed by atoms with Gasteiger partial charge < -0.3 is 5.11 Å². The summed E-state index contributed by atoms with van der Waals surface area (Å²) >= 11 is 0. The fraction of sp³-hybridized carbons (Fsp3) is 0.818. The maximum Gasteiger partial charge on any atom is 0.0602 e. The Kier molecular flexibility index (Phi) is 1.80. The van der Waals surface area contributed by atoms with Gasteiger partial charge in [0.1, 0.15) is 0 Å². The molecule has 2 atom stereocenters. The Bertz CT molecular complexity index is 203. The zero-order chi connectivity index (χ0) is 8.77. The van der Waals surface area contributed by atoms with Crippen LogP contribution in [0, 0.1) is 11.3 Å². The van der Waals surface area contributed by atoms with Crippen LogP contribution in [0.4, 0.5) is 0 Å². The molecule has 2 aliphatic carbocycles. The van der Waals surface area contributed by atoms with Crippen LogP contribution in [0.1, 0.15) is 39.0 Å². The molecule has 2 aliphatic rings. The third kappa shape index (κ3) is 1.20. The molecule has 0 aromatic carbocycles. The number of aliphatic hydroxyl groups excluding tert-OH is 1. The van der Waals surface area contributed by atoms with Gasteiger partial charge in [0, 0.05) is 0 Å². The van der Waals surface area contributed by atoms with Crippen LogP contribution in [0.25, 0.3) is 0 Å². The fourth-order valence-corrected chi connectivity index (χ4v) is 2.46. The maximum atomic E-state index is 9.88. The van der Waals surface area contributed by atoms with Gasteiger partial charge in [-0.15, -0.1) is 0 Å². The average molecular weight is 166 g/mol. The molecule has 2 rings (SSSR count). The summed E-state index contributed by atoms with van der Waals surface area (Å²) < 4.78 is 0. The summed E-state index contributed by atoms with van der Waals surface area (Å²) in [4.78, 5) is 0. The van der Waals surface area contributed by atoms with Crippen LogP contribution < -0.4 is 0 Å². The van der Waals surface area contributed by atoms with E-state index in [1.54, 1.807) is 0 Å². The Labute approximate surface area is 74.5 Å². The molecule has 0 aromatic heterocycles. The topological polar surface area (TPSA) is 20.2 Å². The maximum absolute atomic E-state index is 9.88. The molecule has 68 valence electrons. The van der Waals surface area contributed by atoms with Gasteiger partial charge in [-0.2, -0.15) is 0 Å². The molecule has 0 saturated heterocycles. The smallest absolute Gasteiger partial charge is 0.0602 e. The van der Waals surface area contributed by atoms with Crippen molar-refractivity contribution in [2.24, 2.45) is 11.3 Å². The van der Waals surface area contributed by atoms with Crippen molar-refractivity contribution in [1.29, 1.82) is 0 Å². The Hall–Kier alpha value is -0.300. The Morgan fingerprint density at radius 2 is 2.08 bits per heavy atom. The monoisotopic (exact) mass is 166 g/mol. The second-order valence-corrected chi connectivity index (χ2v) is 4.70. The van der Waals surface area contributed by atoms with Gasteiger partial charge in [0.05, 0.1) is 6.10 Å². The highest BCUT2D eigenvalue weighted by molar-refractivity contribution is 5.08. The van der Waals surface area contributed by atoms with Crippen molar-refractivity contribution < 1.29 is 5.11 Å². The lowest BCUT2D eigenvalue weighted by atomic mass is 9.75. The van der Waals surface area contributed by atoms with Gasteiger partial charge in [-0.1, -0.05) is 12.2 Å². The molecule has 0 radical (unpaired) electrons. The van der Waals surface area contributed by atoms with E-state index in [-0.39, 0.29) is 6.10 Å². The third-order valence-corrected chi connectivity index (χ3v) is 3.79. The molecule has 0 heterocycles. The molecular formula is C11H18O. The zero-order valence-corrected chi connectivity index (χ0v) is 7.84. The summed E-state index contributed by atoms with van der Waals surface area (Å²) in [7, 11) is 0. The fourth-order valence-electron chi connectivity index (χ4n) is 2.46. The van der Waals surface area contributed by atoms with E-state index >= 15 is 0 Å². The van der Waals surface area contributed by atoms with Gasteiger partial charge in [-0.05, 0) is 50.4 Å². The first-order valence-electron chi connectivity index (χ1n) is 4.97. The van der Waals surface area contributed by atoms with Crippen molar-refractivity contribution in [3.8, 4) is 0 Å². The minimum atomic E-state index is -0.0343. The zero-order valence-electron chi connectivity index (χ0n) is 7.84. The molecule has 2 fully saturated rings. The first-order chi connectivity index (χ1) is 5.64. The Morgan fingerprint density at radius 1 is 1.42 bits per heavy atom. The molecular weight excluding hydrogens is 148 g/mol. The van der Waals surface area contributed by atoms with Crippen molar-refractivity contribution in [1.82, 2.24) is 0 Å². The molecule has 1 heteroatoms. The Morgan fingerprint density at radius 3 is 2.50 bits per heavy atom. The number of hydrogen-bond acceptors (Lipinski definition) is 1. The van der Waals surface area contributed by atoms with Gasteiger partial charge in [-0.25, -0.2) is 0 Å². The van der Waals surface area contributed by atoms with Gasteiger partial charge in [0.25, 0.3) is 0 Å². The first-order valence-corrected chi connectivity index (χ1v) is 4.97. The quantitative estimate of drug-likeness (QED) is 0.593.